The lowest BCUT2D eigenvalue weighted by Gasteiger charge is -2.25. The van der Waals surface area contributed by atoms with Gasteiger partial charge in [0.15, 0.2) is 5.65 Å². The van der Waals surface area contributed by atoms with Crippen LogP contribution >= 0.6 is 0 Å². The summed E-state index contributed by atoms with van der Waals surface area (Å²) in [5.74, 6) is -0.889. The van der Waals surface area contributed by atoms with E-state index in [9.17, 15) is 9.59 Å². The van der Waals surface area contributed by atoms with E-state index >= 15 is 0 Å². The Morgan fingerprint density at radius 3 is 2.92 bits per heavy atom. The molecule has 3 heterocycles. The average Bonchev–Trinajstić information content (AvgIpc) is 3.06. The van der Waals surface area contributed by atoms with E-state index in [2.05, 4.69) is 20.4 Å². The van der Waals surface area contributed by atoms with Gasteiger partial charge in [-0.25, -0.2) is 9.50 Å². The smallest absolute Gasteiger partial charge is 0.270 e. The molecule has 0 radical (unpaired) electrons. The van der Waals surface area contributed by atoms with Gasteiger partial charge in [0.25, 0.3) is 11.8 Å². The zero-order chi connectivity index (χ0) is 17.4. The Balaban J connectivity index is 1.58. The van der Waals surface area contributed by atoms with Gasteiger partial charge < -0.3 is 11.1 Å². The van der Waals surface area contributed by atoms with Crippen molar-refractivity contribution < 1.29 is 9.59 Å². The quantitative estimate of drug-likeness (QED) is 0.723. The van der Waals surface area contributed by atoms with Crippen LogP contribution in [0.1, 0.15) is 38.4 Å². The molecule has 0 bridgehead atoms. The molecule has 3 aromatic rings. The number of pyridine rings is 1. The number of rotatable bonds is 3. The van der Waals surface area contributed by atoms with E-state index in [1.165, 1.54) is 22.5 Å². The standard InChI is InChI=1S/C17H16N6O2/c18-15(24)13-9-21-23-14(4-6-20-16(13)23)17(25)22-12-2-1-10-3-5-19-8-11(10)7-12/h3-6,8-9,12H,1-2,7H2,(H2,18,24)(H,22,25). The molecule has 3 aromatic heterocycles. The Morgan fingerprint density at radius 2 is 2.08 bits per heavy atom. The molecule has 126 valence electrons. The van der Waals surface area contributed by atoms with Gasteiger partial charge in [0.05, 0.1) is 6.20 Å². The van der Waals surface area contributed by atoms with Gasteiger partial charge in [-0.2, -0.15) is 5.10 Å². The number of hydrogen-bond donors (Lipinski definition) is 2. The molecular weight excluding hydrogens is 320 g/mol. The van der Waals surface area contributed by atoms with Gasteiger partial charge in [-0.15, -0.1) is 0 Å². The van der Waals surface area contributed by atoms with Gasteiger partial charge in [-0.05, 0) is 42.5 Å². The van der Waals surface area contributed by atoms with Gasteiger partial charge in [-0.3, -0.25) is 14.6 Å². The number of aryl methyl sites for hydroxylation is 1. The number of nitrogens with one attached hydrogen (secondary N) is 1. The van der Waals surface area contributed by atoms with Crippen molar-refractivity contribution in [3.05, 3.63) is 59.3 Å². The van der Waals surface area contributed by atoms with Gasteiger partial charge >= 0.3 is 0 Å². The fourth-order valence-corrected chi connectivity index (χ4v) is 3.20. The highest BCUT2D eigenvalue weighted by Gasteiger charge is 2.23. The highest BCUT2D eigenvalue weighted by atomic mass is 16.2. The van der Waals surface area contributed by atoms with Crippen LogP contribution in [0.4, 0.5) is 0 Å². The molecule has 0 saturated carbocycles. The maximum atomic E-state index is 12.7. The highest BCUT2D eigenvalue weighted by molar-refractivity contribution is 5.99. The molecule has 8 nitrogen and oxygen atoms in total. The van der Waals surface area contributed by atoms with Crippen LogP contribution in [0.5, 0.6) is 0 Å². The number of hydrogen-bond acceptors (Lipinski definition) is 5. The normalized spacial score (nSPS) is 16.4. The fourth-order valence-electron chi connectivity index (χ4n) is 3.20. The van der Waals surface area contributed by atoms with Crippen molar-refractivity contribution in [3.63, 3.8) is 0 Å². The first-order valence-electron chi connectivity index (χ1n) is 7.98. The molecule has 3 N–H and O–H groups in total. The molecule has 25 heavy (non-hydrogen) atoms. The van der Waals surface area contributed by atoms with E-state index in [1.807, 2.05) is 12.3 Å². The summed E-state index contributed by atoms with van der Waals surface area (Å²) in [6, 6.07) is 3.62. The first-order chi connectivity index (χ1) is 12.1. The maximum Gasteiger partial charge on any atom is 0.270 e. The third-order valence-electron chi connectivity index (χ3n) is 4.47. The Labute approximate surface area is 143 Å². The third-order valence-corrected chi connectivity index (χ3v) is 4.47. The Hall–Kier alpha value is -3.29. The number of fused-ring (bicyclic) bond motifs is 2. The molecule has 1 aliphatic rings. The molecule has 1 aliphatic carbocycles. The van der Waals surface area contributed by atoms with Crippen LogP contribution in [0.15, 0.2) is 36.9 Å². The second-order valence-corrected chi connectivity index (χ2v) is 6.05. The summed E-state index contributed by atoms with van der Waals surface area (Å²) in [4.78, 5) is 32.3. The van der Waals surface area contributed by atoms with Gasteiger partial charge in [0.2, 0.25) is 0 Å². The van der Waals surface area contributed by atoms with Crippen molar-refractivity contribution in [1.29, 1.82) is 0 Å². The highest BCUT2D eigenvalue weighted by Crippen LogP contribution is 2.20. The lowest BCUT2D eigenvalue weighted by Crippen LogP contribution is -2.39. The summed E-state index contributed by atoms with van der Waals surface area (Å²) < 4.78 is 1.34. The van der Waals surface area contributed by atoms with E-state index in [4.69, 9.17) is 5.73 Å². The van der Waals surface area contributed by atoms with Gasteiger partial charge in [-0.1, -0.05) is 0 Å². The van der Waals surface area contributed by atoms with Crippen molar-refractivity contribution >= 4 is 17.5 Å². The van der Waals surface area contributed by atoms with Crippen LogP contribution in [0, 0.1) is 0 Å². The molecular formula is C17H16N6O2. The summed E-state index contributed by atoms with van der Waals surface area (Å²) in [5.41, 5.74) is 8.53. The summed E-state index contributed by atoms with van der Waals surface area (Å²) in [6.07, 6.45) is 8.95. The predicted molar refractivity (Wildman–Crippen MR) is 89.0 cm³/mol. The van der Waals surface area contributed by atoms with Crippen molar-refractivity contribution in [2.45, 2.75) is 25.3 Å². The molecule has 2 amide bonds. The predicted octanol–water partition coefficient (Wildman–Crippen LogP) is 0.511. The number of nitrogens with two attached hydrogens (primary N) is 1. The number of nitrogens with zero attached hydrogens (tertiary/aromatic N) is 4. The van der Waals surface area contributed by atoms with Crippen molar-refractivity contribution in [2.24, 2.45) is 5.73 Å². The molecule has 0 saturated heterocycles. The zero-order valence-electron chi connectivity index (χ0n) is 13.3. The molecule has 0 aromatic carbocycles. The minimum atomic E-state index is -0.628. The van der Waals surface area contributed by atoms with E-state index in [0.717, 1.165) is 24.8 Å². The van der Waals surface area contributed by atoms with Crippen LogP contribution in [0.2, 0.25) is 0 Å². The molecule has 8 heteroatoms. The summed E-state index contributed by atoms with van der Waals surface area (Å²) in [6.45, 7) is 0. The summed E-state index contributed by atoms with van der Waals surface area (Å²) in [5, 5.41) is 7.11. The maximum absolute atomic E-state index is 12.7. The monoisotopic (exact) mass is 336 g/mol. The lowest BCUT2D eigenvalue weighted by atomic mass is 9.89. The number of amides is 2. The third kappa shape index (κ3) is 2.71. The van der Waals surface area contributed by atoms with E-state index in [1.54, 1.807) is 12.3 Å². The Kier molecular flexibility index (Phi) is 3.64. The largest absolute Gasteiger partial charge is 0.365 e. The zero-order valence-corrected chi connectivity index (χ0v) is 13.3. The lowest BCUT2D eigenvalue weighted by molar-refractivity contribution is 0.0924. The van der Waals surface area contributed by atoms with Crippen LogP contribution in [0.25, 0.3) is 5.65 Å². The van der Waals surface area contributed by atoms with E-state index in [0.29, 0.717) is 5.69 Å². The fraction of sp³-hybridized carbons (Fsp3) is 0.235. The van der Waals surface area contributed by atoms with Crippen LogP contribution < -0.4 is 11.1 Å². The van der Waals surface area contributed by atoms with Crippen molar-refractivity contribution in [3.8, 4) is 0 Å². The summed E-state index contributed by atoms with van der Waals surface area (Å²) in [7, 11) is 0. The van der Waals surface area contributed by atoms with Gasteiger partial charge in [0, 0.05) is 24.6 Å². The van der Waals surface area contributed by atoms with Crippen LogP contribution in [0.3, 0.4) is 0 Å². The molecule has 1 unspecified atom stereocenters. The Morgan fingerprint density at radius 1 is 1.20 bits per heavy atom. The van der Waals surface area contributed by atoms with Gasteiger partial charge in [0.1, 0.15) is 11.3 Å². The van der Waals surface area contributed by atoms with Crippen LogP contribution in [-0.2, 0) is 12.8 Å². The topological polar surface area (TPSA) is 115 Å². The molecule has 4 rings (SSSR count). The first-order valence-corrected chi connectivity index (χ1v) is 7.98. The average molecular weight is 336 g/mol. The van der Waals surface area contributed by atoms with E-state index < -0.39 is 5.91 Å². The molecule has 0 aliphatic heterocycles. The number of carbonyl (C=O) groups excluding carboxylic acids is 2. The Bertz CT molecular complexity index is 980. The SMILES string of the molecule is NC(=O)c1cnn2c(C(=O)NC3CCc4ccncc4C3)ccnc12. The van der Waals surface area contributed by atoms with E-state index in [-0.39, 0.29) is 23.2 Å². The van der Waals surface area contributed by atoms with Crippen molar-refractivity contribution in [1.82, 2.24) is 24.9 Å². The second-order valence-electron chi connectivity index (χ2n) is 6.05. The molecule has 1 atom stereocenters. The second kappa shape index (κ2) is 5.97. The molecule has 0 fully saturated rings. The first kappa shape index (κ1) is 15.3. The number of carbonyl (C=O) groups is 2. The minimum Gasteiger partial charge on any atom is -0.365 e. The number of aromatic nitrogens is 4. The summed E-state index contributed by atoms with van der Waals surface area (Å²) >= 11 is 0. The van der Waals surface area contributed by atoms with Crippen molar-refractivity contribution in [2.75, 3.05) is 0 Å². The molecule has 0 spiro atoms. The van der Waals surface area contributed by atoms with Crippen LogP contribution in [-0.4, -0.2) is 37.4 Å². The number of primary amides is 1. The minimum absolute atomic E-state index is 0.0265.